The largest absolute Gasteiger partial charge is 0.496 e. The van der Waals surface area contributed by atoms with Crippen LogP contribution >= 0.6 is 0 Å². The molecule has 1 aromatic carbocycles. The molecule has 0 heterocycles. The van der Waals surface area contributed by atoms with Crippen LogP contribution in [0.25, 0.3) is 0 Å². The van der Waals surface area contributed by atoms with E-state index in [-0.39, 0.29) is 11.9 Å². The highest BCUT2D eigenvalue weighted by Crippen LogP contribution is 2.42. The van der Waals surface area contributed by atoms with E-state index in [2.05, 4.69) is 0 Å². The number of methoxy groups -OCH3 is 1. The Kier molecular flexibility index (Phi) is 2.42. The van der Waals surface area contributed by atoms with Gasteiger partial charge in [-0.1, -0.05) is 0 Å². The molecule has 0 radical (unpaired) electrons. The smallest absolute Gasteiger partial charge is 0.123 e. The number of hydrogen-bond donors (Lipinski definition) is 1. The highest BCUT2D eigenvalue weighted by atomic mass is 19.1. The van der Waals surface area contributed by atoms with E-state index in [1.807, 2.05) is 0 Å². The maximum atomic E-state index is 13.0. The van der Waals surface area contributed by atoms with Crippen LogP contribution in [-0.2, 0) is 0 Å². The van der Waals surface area contributed by atoms with Crippen LogP contribution in [0.2, 0.25) is 0 Å². The first-order valence-electron chi connectivity index (χ1n) is 4.81. The van der Waals surface area contributed by atoms with E-state index in [1.54, 1.807) is 13.2 Å². The molecule has 76 valence electrons. The molecule has 0 spiro atoms. The molecule has 1 aliphatic carbocycles. The minimum atomic E-state index is -0.253. The van der Waals surface area contributed by atoms with Crippen LogP contribution in [0, 0.1) is 11.7 Å². The second-order valence-electron chi connectivity index (χ2n) is 3.75. The zero-order chi connectivity index (χ0) is 10.1. The van der Waals surface area contributed by atoms with Crippen molar-refractivity contribution in [2.45, 2.75) is 18.9 Å². The Balaban J connectivity index is 2.32. The van der Waals surface area contributed by atoms with Gasteiger partial charge in [0.15, 0.2) is 0 Å². The van der Waals surface area contributed by atoms with Crippen molar-refractivity contribution in [1.29, 1.82) is 0 Å². The molecule has 1 aromatic rings. The molecule has 1 aliphatic rings. The number of rotatable bonds is 3. The van der Waals surface area contributed by atoms with Crippen LogP contribution < -0.4 is 10.5 Å². The maximum absolute atomic E-state index is 13.0. The Hall–Kier alpha value is -1.09. The van der Waals surface area contributed by atoms with Gasteiger partial charge in [-0.2, -0.15) is 0 Å². The Labute approximate surface area is 82.9 Å². The van der Waals surface area contributed by atoms with Crippen LogP contribution in [0.3, 0.4) is 0 Å². The lowest BCUT2D eigenvalue weighted by molar-refractivity contribution is 0.401. The van der Waals surface area contributed by atoms with Gasteiger partial charge in [-0.05, 0) is 37.0 Å². The van der Waals surface area contributed by atoms with Crippen molar-refractivity contribution in [2.24, 2.45) is 11.7 Å². The standard InChI is InChI=1S/C11H14FNO/c1-14-10-5-4-8(12)6-9(10)11(13)7-2-3-7/h4-7,11H,2-3,13H2,1H3/t11-/m0/s1. The third-order valence-corrected chi connectivity index (χ3v) is 2.68. The molecule has 0 saturated heterocycles. The SMILES string of the molecule is COc1ccc(F)cc1[C@@H](N)C1CC1. The van der Waals surface area contributed by atoms with Crippen molar-refractivity contribution in [3.63, 3.8) is 0 Å². The Morgan fingerprint density at radius 1 is 1.50 bits per heavy atom. The molecule has 2 nitrogen and oxygen atoms in total. The van der Waals surface area contributed by atoms with Crippen molar-refractivity contribution in [1.82, 2.24) is 0 Å². The number of nitrogens with two attached hydrogens (primary N) is 1. The molecule has 1 fully saturated rings. The van der Waals surface area contributed by atoms with Crippen molar-refractivity contribution in [3.8, 4) is 5.75 Å². The van der Waals surface area contributed by atoms with Gasteiger partial charge in [0.2, 0.25) is 0 Å². The molecular formula is C11H14FNO. The molecule has 0 aromatic heterocycles. The summed E-state index contributed by atoms with van der Waals surface area (Å²) in [6.45, 7) is 0. The van der Waals surface area contributed by atoms with E-state index in [0.717, 1.165) is 18.4 Å². The first-order valence-corrected chi connectivity index (χ1v) is 4.81. The topological polar surface area (TPSA) is 35.2 Å². The van der Waals surface area contributed by atoms with Gasteiger partial charge in [0.25, 0.3) is 0 Å². The summed E-state index contributed by atoms with van der Waals surface area (Å²) in [5.41, 5.74) is 6.79. The molecule has 14 heavy (non-hydrogen) atoms. The third kappa shape index (κ3) is 1.73. The van der Waals surface area contributed by atoms with Gasteiger partial charge in [-0.15, -0.1) is 0 Å². The Morgan fingerprint density at radius 3 is 2.79 bits per heavy atom. The molecule has 3 heteroatoms. The van der Waals surface area contributed by atoms with Gasteiger partial charge < -0.3 is 10.5 Å². The van der Waals surface area contributed by atoms with Crippen molar-refractivity contribution in [3.05, 3.63) is 29.6 Å². The summed E-state index contributed by atoms with van der Waals surface area (Å²) >= 11 is 0. The summed E-state index contributed by atoms with van der Waals surface area (Å²) in [7, 11) is 1.58. The summed E-state index contributed by atoms with van der Waals surface area (Å²) in [4.78, 5) is 0. The number of ether oxygens (including phenoxy) is 1. The van der Waals surface area contributed by atoms with E-state index < -0.39 is 0 Å². The quantitative estimate of drug-likeness (QED) is 0.802. The van der Waals surface area contributed by atoms with Crippen LogP contribution in [0.15, 0.2) is 18.2 Å². The van der Waals surface area contributed by atoms with Gasteiger partial charge in [0.05, 0.1) is 7.11 Å². The van der Waals surface area contributed by atoms with E-state index in [0.29, 0.717) is 11.7 Å². The van der Waals surface area contributed by atoms with E-state index >= 15 is 0 Å². The first kappa shape index (κ1) is 9.46. The zero-order valence-electron chi connectivity index (χ0n) is 8.16. The van der Waals surface area contributed by atoms with Gasteiger partial charge in [0, 0.05) is 11.6 Å². The summed E-state index contributed by atoms with van der Waals surface area (Å²) in [6, 6.07) is 4.41. The lowest BCUT2D eigenvalue weighted by Gasteiger charge is -2.14. The maximum Gasteiger partial charge on any atom is 0.123 e. The molecule has 0 amide bonds. The average Bonchev–Trinajstić information content (AvgIpc) is 3.00. The fraction of sp³-hybridized carbons (Fsp3) is 0.455. The molecular weight excluding hydrogens is 181 g/mol. The molecule has 0 unspecified atom stereocenters. The van der Waals surface area contributed by atoms with Crippen molar-refractivity contribution >= 4 is 0 Å². The molecule has 0 bridgehead atoms. The van der Waals surface area contributed by atoms with E-state index in [9.17, 15) is 4.39 Å². The van der Waals surface area contributed by atoms with Gasteiger partial charge >= 0.3 is 0 Å². The van der Waals surface area contributed by atoms with Gasteiger partial charge in [-0.3, -0.25) is 0 Å². The van der Waals surface area contributed by atoms with Gasteiger partial charge in [-0.25, -0.2) is 4.39 Å². The van der Waals surface area contributed by atoms with Crippen LogP contribution in [0.1, 0.15) is 24.4 Å². The first-order chi connectivity index (χ1) is 6.72. The minimum Gasteiger partial charge on any atom is -0.496 e. The van der Waals surface area contributed by atoms with Crippen LogP contribution in [0.4, 0.5) is 4.39 Å². The van der Waals surface area contributed by atoms with Gasteiger partial charge in [0.1, 0.15) is 11.6 Å². The number of benzene rings is 1. The summed E-state index contributed by atoms with van der Waals surface area (Å²) < 4.78 is 18.2. The molecule has 2 N–H and O–H groups in total. The fourth-order valence-electron chi connectivity index (χ4n) is 1.67. The summed E-state index contributed by atoms with van der Waals surface area (Å²) in [6.07, 6.45) is 2.28. The zero-order valence-corrected chi connectivity index (χ0v) is 8.16. The van der Waals surface area contributed by atoms with Crippen LogP contribution in [0.5, 0.6) is 5.75 Å². The van der Waals surface area contributed by atoms with E-state index in [1.165, 1.54) is 12.1 Å². The Bertz CT molecular complexity index is 336. The summed E-state index contributed by atoms with van der Waals surface area (Å²) in [5.74, 6) is 0.938. The van der Waals surface area contributed by atoms with E-state index in [4.69, 9.17) is 10.5 Å². The predicted molar refractivity (Wildman–Crippen MR) is 52.6 cm³/mol. The highest BCUT2D eigenvalue weighted by molar-refractivity contribution is 5.37. The highest BCUT2D eigenvalue weighted by Gasteiger charge is 2.31. The molecule has 1 saturated carbocycles. The molecule has 2 rings (SSSR count). The van der Waals surface area contributed by atoms with Crippen molar-refractivity contribution < 1.29 is 9.13 Å². The average molecular weight is 195 g/mol. The van der Waals surface area contributed by atoms with Crippen molar-refractivity contribution in [2.75, 3.05) is 7.11 Å². The number of hydrogen-bond acceptors (Lipinski definition) is 2. The number of halogens is 1. The minimum absolute atomic E-state index is 0.0827. The fourth-order valence-corrected chi connectivity index (χ4v) is 1.67. The summed E-state index contributed by atoms with van der Waals surface area (Å²) in [5, 5.41) is 0. The molecule has 0 aliphatic heterocycles. The predicted octanol–water partition coefficient (Wildman–Crippen LogP) is 2.24. The second kappa shape index (κ2) is 3.58. The molecule has 1 atom stereocenters. The van der Waals surface area contributed by atoms with Crippen LogP contribution in [-0.4, -0.2) is 7.11 Å². The third-order valence-electron chi connectivity index (χ3n) is 2.68. The normalized spacial score (nSPS) is 17.9. The second-order valence-corrected chi connectivity index (χ2v) is 3.75. The Morgan fingerprint density at radius 2 is 2.21 bits per heavy atom. The monoisotopic (exact) mass is 195 g/mol. The lowest BCUT2D eigenvalue weighted by atomic mass is 10.0. The lowest BCUT2D eigenvalue weighted by Crippen LogP contribution is -2.13.